The predicted molar refractivity (Wildman–Crippen MR) is 82.7 cm³/mol. The maximum atomic E-state index is 12.1. The van der Waals surface area contributed by atoms with E-state index in [2.05, 4.69) is 10.2 Å². The number of piperidine rings is 1. The quantitative estimate of drug-likeness (QED) is 0.853. The van der Waals surface area contributed by atoms with Gasteiger partial charge >= 0.3 is 6.09 Å². The molecular formula is C15H22ClN3O3. The average molecular weight is 328 g/mol. The van der Waals surface area contributed by atoms with Crippen molar-refractivity contribution in [3.8, 4) is 0 Å². The van der Waals surface area contributed by atoms with E-state index in [4.69, 9.17) is 21.1 Å². The number of hydrogen-bond acceptors (Lipinski definition) is 5. The number of carbonyl (C=O) groups excluding carboxylic acids is 1. The minimum Gasteiger partial charge on any atom is -0.444 e. The van der Waals surface area contributed by atoms with Crippen LogP contribution < -0.4 is 0 Å². The molecule has 1 saturated heterocycles. The van der Waals surface area contributed by atoms with Crippen LogP contribution >= 0.6 is 11.6 Å². The lowest BCUT2D eigenvalue weighted by atomic mass is 10.1. The van der Waals surface area contributed by atoms with Gasteiger partial charge in [0, 0.05) is 6.54 Å². The lowest BCUT2D eigenvalue weighted by Gasteiger charge is -2.33. The zero-order valence-corrected chi connectivity index (χ0v) is 14.0. The Hall–Kier alpha value is -1.40. The van der Waals surface area contributed by atoms with Crippen LogP contribution in [0.3, 0.4) is 0 Å². The Morgan fingerprint density at radius 2 is 2.18 bits per heavy atom. The first kappa shape index (κ1) is 17.0. The molecule has 122 valence electrons. The van der Waals surface area contributed by atoms with Crippen LogP contribution in [0.5, 0.6) is 0 Å². The van der Waals surface area contributed by atoms with E-state index in [1.807, 2.05) is 20.8 Å². The van der Waals surface area contributed by atoms with Crippen LogP contribution in [0, 0.1) is 0 Å². The van der Waals surface area contributed by atoms with Gasteiger partial charge < -0.3 is 14.4 Å². The predicted octanol–water partition coefficient (Wildman–Crippen LogP) is 3.05. The van der Waals surface area contributed by atoms with Gasteiger partial charge in [-0.05, 0) is 45.7 Å². The van der Waals surface area contributed by atoms with Gasteiger partial charge in [0.1, 0.15) is 5.60 Å². The molecular weight excluding hydrogens is 306 g/mol. The number of rotatable bonds is 3. The van der Waals surface area contributed by atoms with Crippen LogP contribution in [-0.2, 0) is 16.1 Å². The van der Waals surface area contributed by atoms with E-state index in [1.165, 1.54) is 0 Å². The van der Waals surface area contributed by atoms with E-state index < -0.39 is 5.60 Å². The molecule has 0 unspecified atom stereocenters. The van der Waals surface area contributed by atoms with Crippen molar-refractivity contribution in [2.24, 2.45) is 0 Å². The van der Waals surface area contributed by atoms with Crippen LogP contribution in [0.1, 0.15) is 39.3 Å². The zero-order chi connectivity index (χ0) is 16.2. The van der Waals surface area contributed by atoms with Gasteiger partial charge in [0.25, 0.3) is 0 Å². The largest absolute Gasteiger partial charge is 0.444 e. The molecule has 1 aliphatic rings. The molecule has 0 aliphatic carbocycles. The topological polar surface area (TPSA) is 64.5 Å². The van der Waals surface area contributed by atoms with Crippen molar-refractivity contribution in [2.75, 3.05) is 13.1 Å². The van der Waals surface area contributed by atoms with Crippen molar-refractivity contribution in [3.63, 3.8) is 0 Å². The van der Waals surface area contributed by atoms with Gasteiger partial charge in [0.2, 0.25) is 0 Å². The first-order chi connectivity index (χ1) is 10.3. The number of halogens is 1. The number of carbonyl (C=O) groups is 1. The standard InChI is InChI=1S/C15H22ClN3O3/c1-15(2,3)22-14(20)19-8-4-5-12(9-19)21-10-11-6-7-13(16)18-17-11/h6-7,12H,4-5,8-10H2,1-3H3/t12-/m1/s1. The minimum absolute atomic E-state index is 0.0150. The van der Waals surface area contributed by atoms with E-state index in [-0.39, 0.29) is 12.2 Å². The summed E-state index contributed by atoms with van der Waals surface area (Å²) >= 11 is 5.69. The van der Waals surface area contributed by atoms with Crippen LogP contribution in [0.25, 0.3) is 0 Å². The molecule has 0 saturated carbocycles. The van der Waals surface area contributed by atoms with Gasteiger partial charge in [0.05, 0.1) is 24.9 Å². The first-order valence-corrected chi connectivity index (χ1v) is 7.79. The van der Waals surface area contributed by atoms with Gasteiger partial charge in [0.15, 0.2) is 5.15 Å². The fourth-order valence-corrected chi connectivity index (χ4v) is 2.29. The summed E-state index contributed by atoms with van der Waals surface area (Å²) in [5.74, 6) is 0. The molecule has 1 aromatic heterocycles. The van der Waals surface area contributed by atoms with Crippen molar-refractivity contribution in [3.05, 3.63) is 23.0 Å². The van der Waals surface area contributed by atoms with E-state index in [1.54, 1.807) is 17.0 Å². The van der Waals surface area contributed by atoms with Gasteiger partial charge in [-0.2, -0.15) is 5.10 Å². The van der Waals surface area contributed by atoms with Crippen molar-refractivity contribution < 1.29 is 14.3 Å². The summed E-state index contributed by atoms with van der Waals surface area (Å²) in [5, 5.41) is 8.09. The monoisotopic (exact) mass is 327 g/mol. The Balaban J connectivity index is 1.82. The Bertz CT molecular complexity index is 502. The van der Waals surface area contributed by atoms with Gasteiger partial charge in [-0.25, -0.2) is 4.79 Å². The van der Waals surface area contributed by atoms with Crippen LogP contribution in [-0.4, -0.2) is 46.0 Å². The third kappa shape index (κ3) is 5.42. The Kier molecular flexibility index (Phi) is 5.58. The second-order valence-corrected chi connectivity index (χ2v) is 6.74. The number of aromatic nitrogens is 2. The number of hydrogen-bond donors (Lipinski definition) is 0. The molecule has 6 nitrogen and oxygen atoms in total. The lowest BCUT2D eigenvalue weighted by Crippen LogP contribution is -2.45. The van der Waals surface area contributed by atoms with Crippen LogP contribution in [0.15, 0.2) is 12.1 Å². The van der Waals surface area contributed by atoms with Crippen molar-refractivity contribution in [1.82, 2.24) is 15.1 Å². The Labute approximate surface area is 135 Å². The Morgan fingerprint density at radius 1 is 1.41 bits per heavy atom. The summed E-state index contributed by atoms with van der Waals surface area (Å²) in [7, 11) is 0. The molecule has 2 heterocycles. The Morgan fingerprint density at radius 3 is 2.82 bits per heavy atom. The van der Waals surface area contributed by atoms with Crippen LogP contribution in [0.2, 0.25) is 5.15 Å². The fraction of sp³-hybridized carbons (Fsp3) is 0.667. The zero-order valence-electron chi connectivity index (χ0n) is 13.2. The number of amides is 1. The molecule has 1 atom stereocenters. The smallest absolute Gasteiger partial charge is 0.410 e. The van der Waals surface area contributed by atoms with Crippen LogP contribution in [0.4, 0.5) is 4.79 Å². The molecule has 22 heavy (non-hydrogen) atoms. The number of likely N-dealkylation sites (tertiary alicyclic amines) is 1. The number of nitrogens with zero attached hydrogens (tertiary/aromatic N) is 3. The molecule has 0 radical (unpaired) electrons. The highest BCUT2D eigenvalue weighted by Gasteiger charge is 2.28. The van der Waals surface area contributed by atoms with E-state index >= 15 is 0 Å². The fourth-order valence-electron chi connectivity index (χ4n) is 2.19. The normalized spacial score (nSPS) is 19.1. The second kappa shape index (κ2) is 7.24. The molecule has 1 aromatic rings. The minimum atomic E-state index is -0.482. The summed E-state index contributed by atoms with van der Waals surface area (Å²) in [6.07, 6.45) is 1.52. The lowest BCUT2D eigenvalue weighted by molar-refractivity contribution is -0.0267. The molecule has 1 amide bonds. The molecule has 7 heteroatoms. The molecule has 1 aliphatic heterocycles. The molecule has 0 aromatic carbocycles. The molecule has 0 spiro atoms. The summed E-state index contributed by atoms with van der Waals surface area (Å²) in [6, 6.07) is 3.46. The van der Waals surface area contributed by atoms with Gasteiger partial charge in [-0.15, -0.1) is 5.10 Å². The van der Waals surface area contributed by atoms with E-state index in [9.17, 15) is 4.79 Å². The molecule has 0 N–H and O–H groups in total. The highest BCUT2D eigenvalue weighted by Crippen LogP contribution is 2.18. The first-order valence-electron chi connectivity index (χ1n) is 7.41. The van der Waals surface area contributed by atoms with Crippen molar-refractivity contribution in [2.45, 2.75) is 51.9 Å². The van der Waals surface area contributed by atoms with Gasteiger partial charge in [-0.1, -0.05) is 11.6 Å². The number of ether oxygens (including phenoxy) is 2. The third-order valence-electron chi connectivity index (χ3n) is 3.18. The highest BCUT2D eigenvalue weighted by atomic mass is 35.5. The summed E-state index contributed by atoms with van der Waals surface area (Å²) in [4.78, 5) is 13.8. The SMILES string of the molecule is CC(C)(C)OC(=O)N1CCC[C@@H](OCc2ccc(Cl)nn2)C1. The molecule has 2 rings (SSSR count). The van der Waals surface area contributed by atoms with Crippen molar-refractivity contribution >= 4 is 17.7 Å². The van der Waals surface area contributed by atoms with Gasteiger partial charge in [-0.3, -0.25) is 0 Å². The van der Waals surface area contributed by atoms with E-state index in [0.29, 0.717) is 24.8 Å². The highest BCUT2D eigenvalue weighted by molar-refractivity contribution is 6.29. The van der Waals surface area contributed by atoms with E-state index in [0.717, 1.165) is 18.5 Å². The summed E-state index contributed by atoms with van der Waals surface area (Å²) < 4.78 is 11.2. The maximum Gasteiger partial charge on any atom is 0.410 e. The summed E-state index contributed by atoms with van der Waals surface area (Å²) in [6.45, 7) is 7.19. The average Bonchev–Trinajstić information content (AvgIpc) is 2.45. The summed E-state index contributed by atoms with van der Waals surface area (Å²) in [5.41, 5.74) is 0.239. The molecule has 0 bridgehead atoms. The molecule has 1 fully saturated rings. The third-order valence-corrected chi connectivity index (χ3v) is 3.39. The second-order valence-electron chi connectivity index (χ2n) is 6.35. The van der Waals surface area contributed by atoms with Crippen molar-refractivity contribution in [1.29, 1.82) is 0 Å². The maximum absolute atomic E-state index is 12.1.